The third kappa shape index (κ3) is 4.10. The van der Waals surface area contributed by atoms with E-state index in [1.54, 1.807) is 6.07 Å². The number of nitrogens with one attached hydrogen (secondary N) is 1. The molecule has 0 aliphatic carbocycles. The lowest BCUT2D eigenvalue weighted by Crippen LogP contribution is -2.22. The summed E-state index contributed by atoms with van der Waals surface area (Å²) in [4.78, 5) is 11.6. The van der Waals surface area contributed by atoms with E-state index >= 15 is 0 Å². The number of carbonyl (C=O) groups is 1. The van der Waals surface area contributed by atoms with Crippen LogP contribution in [0.1, 0.15) is 13.3 Å². The third-order valence-electron chi connectivity index (χ3n) is 3.85. The van der Waals surface area contributed by atoms with Crippen molar-refractivity contribution in [3.05, 3.63) is 60.9 Å². The number of rotatable bonds is 7. The number of hydrogen-bond acceptors (Lipinski definition) is 4. The van der Waals surface area contributed by atoms with E-state index in [0.29, 0.717) is 17.2 Å². The molecular weight excluding hydrogens is 328 g/mol. The normalized spacial score (nSPS) is 10.5. The molecule has 0 aliphatic rings. The number of para-hydroxylation sites is 3. The monoisotopic (exact) mass is 350 g/mol. The van der Waals surface area contributed by atoms with Gasteiger partial charge in [-0.3, -0.25) is 9.48 Å². The van der Waals surface area contributed by atoms with Crippen molar-refractivity contribution in [1.82, 2.24) is 9.78 Å². The van der Waals surface area contributed by atoms with Crippen LogP contribution >= 0.6 is 0 Å². The first-order valence-corrected chi connectivity index (χ1v) is 8.60. The second-order valence-electron chi connectivity index (χ2n) is 5.84. The highest BCUT2D eigenvalue weighted by Crippen LogP contribution is 2.35. The van der Waals surface area contributed by atoms with Gasteiger partial charge in [0.05, 0.1) is 18.4 Å². The first-order valence-electron chi connectivity index (χ1n) is 8.60. The smallest absolute Gasteiger partial charge is 0.238 e. The summed E-state index contributed by atoms with van der Waals surface area (Å²) in [6, 6.07) is 15.0. The molecule has 3 aromatic rings. The molecule has 0 aliphatic heterocycles. The number of aryl methyl sites for hydroxylation is 1. The SMILES string of the molecule is CCCn1cc(-c2ccccc2Oc2ccccc2NC(=O)CN)cn1. The number of benzene rings is 2. The molecule has 0 saturated carbocycles. The molecule has 6 nitrogen and oxygen atoms in total. The summed E-state index contributed by atoms with van der Waals surface area (Å²) in [5.41, 5.74) is 7.89. The van der Waals surface area contributed by atoms with Crippen molar-refractivity contribution in [2.75, 3.05) is 11.9 Å². The minimum Gasteiger partial charge on any atom is -0.455 e. The molecule has 0 saturated heterocycles. The highest BCUT2D eigenvalue weighted by molar-refractivity contribution is 5.93. The molecule has 1 aromatic heterocycles. The Morgan fingerprint density at radius 2 is 1.88 bits per heavy atom. The molecule has 0 bridgehead atoms. The summed E-state index contributed by atoms with van der Waals surface area (Å²) in [5, 5.41) is 7.14. The number of ether oxygens (including phenoxy) is 1. The number of carbonyl (C=O) groups excluding carboxylic acids is 1. The molecule has 1 amide bonds. The zero-order valence-corrected chi connectivity index (χ0v) is 14.7. The maximum absolute atomic E-state index is 11.6. The van der Waals surface area contributed by atoms with Gasteiger partial charge in [-0.1, -0.05) is 37.3 Å². The van der Waals surface area contributed by atoms with Crippen molar-refractivity contribution in [1.29, 1.82) is 0 Å². The van der Waals surface area contributed by atoms with Gasteiger partial charge in [0.15, 0.2) is 5.75 Å². The molecule has 1 heterocycles. The van der Waals surface area contributed by atoms with Crippen LogP contribution in [0.2, 0.25) is 0 Å². The molecule has 0 atom stereocenters. The van der Waals surface area contributed by atoms with Gasteiger partial charge in [0.2, 0.25) is 5.91 Å². The topological polar surface area (TPSA) is 82.2 Å². The van der Waals surface area contributed by atoms with Gasteiger partial charge >= 0.3 is 0 Å². The Balaban J connectivity index is 1.91. The van der Waals surface area contributed by atoms with Crippen LogP contribution in [0.5, 0.6) is 11.5 Å². The predicted octanol–water partition coefficient (Wildman–Crippen LogP) is 3.65. The Hall–Kier alpha value is -3.12. The van der Waals surface area contributed by atoms with Gasteiger partial charge in [-0.2, -0.15) is 5.10 Å². The number of nitrogens with two attached hydrogens (primary N) is 1. The lowest BCUT2D eigenvalue weighted by Gasteiger charge is -2.14. The summed E-state index contributed by atoms with van der Waals surface area (Å²) in [7, 11) is 0. The van der Waals surface area contributed by atoms with Gasteiger partial charge in [0.25, 0.3) is 0 Å². The maximum Gasteiger partial charge on any atom is 0.238 e. The molecule has 0 spiro atoms. The third-order valence-corrected chi connectivity index (χ3v) is 3.85. The highest BCUT2D eigenvalue weighted by Gasteiger charge is 2.12. The summed E-state index contributed by atoms with van der Waals surface area (Å²) < 4.78 is 8.04. The van der Waals surface area contributed by atoms with Gasteiger partial charge in [0.1, 0.15) is 5.75 Å². The second-order valence-corrected chi connectivity index (χ2v) is 5.84. The van der Waals surface area contributed by atoms with Crippen LogP contribution in [-0.4, -0.2) is 22.2 Å². The lowest BCUT2D eigenvalue weighted by molar-refractivity contribution is -0.114. The van der Waals surface area contributed by atoms with Crippen molar-refractivity contribution >= 4 is 11.6 Å². The zero-order chi connectivity index (χ0) is 18.4. The van der Waals surface area contributed by atoms with Crippen molar-refractivity contribution in [3.63, 3.8) is 0 Å². The minimum absolute atomic E-state index is 0.0818. The number of amides is 1. The Bertz CT molecular complexity index is 889. The molecule has 3 N–H and O–H groups in total. The molecule has 3 rings (SSSR count). The Kier molecular flexibility index (Phi) is 5.66. The van der Waals surface area contributed by atoms with E-state index in [2.05, 4.69) is 17.3 Å². The van der Waals surface area contributed by atoms with E-state index in [1.807, 2.05) is 59.5 Å². The number of anilines is 1. The summed E-state index contributed by atoms with van der Waals surface area (Å²) >= 11 is 0. The van der Waals surface area contributed by atoms with Crippen LogP contribution < -0.4 is 15.8 Å². The van der Waals surface area contributed by atoms with Crippen LogP contribution in [0.25, 0.3) is 11.1 Å². The highest BCUT2D eigenvalue weighted by atomic mass is 16.5. The Morgan fingerprint density at radius 3 is 2.65 bits per heavy atom. The van der Waals surface area contributed by atoms with E-state index in [0.717, 1.165) is 24.1 Å². The summed E-state index contributed by atoms with van der Waals surface area (Å²) in [6.45, 7) is 2.91. The largest absolute Gasteiger partial charge is 0.455 e. The van der Waals surface area contributed by atoms with Crippen molar-refractivity contribution in [2.45, 2.75) is 19.9 Å². The summed E-state index contributed by atoms with van der Waals surface area (Å²) in [6.07, 6.45) is 4.86. The lowest BCUT2D eigenvalue weighted by atomic mass is 10.1. The fraction of sp³-hybridized carbons (Fsp3) is 0.200. The van der Waals surface area contributed by atoms with Gasteiger partial charge < -0.3 is 15.8 Å². The zero-order valence-electron chi connectivity index (χ0n) is 14.7. The average molecular weight is 350 g/mol. The Labute approximate surface area is 152 Å². The molecule has 6 heteroatoms. The van der Waals surface area contributed by atoms with Crippen molar-refractivity contribution in [2.24, 2.45) is 5.73 Å². The van der Waals surface area contributed by atoms with Gasteiger partial charge in [-0.05, 0) is 24.6 Å². The predicted molar refractivity (Wildman–Crippen MR) is 102 cm³/mol. The standard InChI is InChI=1S/C20H22N4O2/c1-2-11-24-14-15(13-22-24)16-7-3-5-9-18(16)26-19-10-6-4-8-17(19)23-20(25)12-21/h3-10,13-14H,2,11-12,21H2,1H3,(H,23,25). The second kappa shape index (κ2) is 8.31. The fourth-order valence-corrected chi connectivity index (χ4v) is 2.63. The van der Waals surface area contributed by atoms with E-state index in [1.165, 1.54) is 0 Å². The van der Waals surface area contributed by atoms with Crippen molar-refractivity contribution < 1.29 is 9.53 Å². The summed E-state index contributed by atoms with van der Waals surface area (Å²) in [5.74, 6) is 0.982. The minimum atomic E-state index is -0.268. The molecule has 2 aromatic carbocycles. The van der Waals surface area contributed by atoms with E-state index < -0.39 is 0 Å². The van der Waals surface area contributed by atoms with Crippen LogP contribution in [0.3, 0.4) is 0 Å². The van der Waals surface area contributed by atoms with E-state index in [9.17, 15) is 4.79 Å². The molecule has 26 heavy (non-hydrogen) atoms. The van der Waals surface area contributed by atoms with Crippen LogP contribution in [0.4, 0.5) is 5.69 Å². The first kappa shape index (κ1) is 17.7. The average Bonchev–Trinajstić information content (AvgIpc) is 3.12. The quantitative estimate of drug-likeness (QED) is 0.681. The molecule has 134 valence electrons. The number of aromatic nitrogens is 2. The number of hydrogen-bond donors (Lipinski definition) is 2. The molecular formula is C20H22N4O2. The molecule has 0 radical (unpaired) electrons. The number of nitrogens with zero attached hydrogens (tertiary/aromatic N) is 2. The van der Waals surface area contributed by atoms with E-state index in [-0.39, 0.29) is 12.5 Å². The molecule has 0 fully saturated rings. The first-order chi connectivity index (χ1) is 12.7. The fourth-order valence-electron chi connectivity index (χ4n) is 2.63. The van der Waals surface area contributed by atoms with Crippen molar-refractivity contribution in [3.8, 4) is 22.6 Å². The van der Waals surface area contributed by atoms with Gasteiger partial charge in [0, 0.05) is 23.9 Å². The van der Waals surface area contributed by atoms with E-state index in [4.69, 9.17) is 10.5 Å². The molecule has 0 unspecified atom stereocenters. The van der Waals surface area contributed by atoms with Crippen LogP contribution in [0.15, 0.2) is 60.9 Å². The van der Waals surface area contributed by atoms with Gasteiger partial charge in [-0.15, -0.1) is 0 Å². The maximum atomic E-state index is 11.6. The van der Waals surface area contributed by atoms with Crippen LogP contribution in [0, 0.1) is 0 Å². The Morgan fingerprint density at radius 1 is 1.15 bits per heavy atom. The van der Waals surface area contributed by atoms with Gasteiger partial charge in [-0.25, -0.2) is 0 Å². The van der Waals surface area contributed by atoms with Crippen LogP contribution in [-0.2, 0) is 11.3 Å².